The second kappa shape index (κ2) is 11.0. The molecule has 4 aromatic rings. The van der Waals surface area contributed by atoms with Crippen molar-refractivity contribution >= 4 is 26.6 Å². The Morgan fingerprint density at radius 2 is 1.86 bits per heavy atom. The Bertz CT molecular complexity index is 1910. The summed E-state index contributed by atoms with van der Waals surface area (Å²) in [5.41, 5.74) is -2.34. The van der Waals surface area contributed by atoms with Gasteiger partial charge in [0.25, 0.3) is 18.3 Å². The maximum Gasteiger partial charge on any atom is 0.264 e. The fourth-order valence-corrected chi connectivity index (χ4v) is 6.35. The number of nitrogens with one attached hydrogen (secondary N) is 1. The summed E-state index contributed by atoms with van der Waals surface area (Å²) in [5.74, 6) is -4.52. The Morgan fingerprint density at radius 3 is 2.57 bits per heavy atom. The highest BCUT2D eigenvalue weighted by Crippen LogP contribution is 2.57. The number of sulfone groups is 1. The maximum atomic E-state index is 14.3. The molecule has 6 rings (SSSR count). The molecule has 1 N–H and O–H groups in total. The molecule has 1 amide bonds. The molecular weight excluding hydrogens is 611 g/mol. The van der Waals surface area contributed by atoms with Crippen molar-refractivity contribution in [3.8, 4) is 17.1 Å². The van der Waals surface area contributed by atoms with E-state index in [1.54, 1.807) is 30.3 Å². The minimum Gasteiger partial charge on any atom is -0.495 e. The van der Waals surface area contributed by atoms with Gasteiger partial charge in [0, 0.05) is 34.7 Å². The quantitative estimate of drug-likeness (QED) is 0.273. The number of hydrogen-bond acceptors (Lipinski definition) is 8. The number of aromatic nitrogens is 3. The van der Waals surface area contributed by atoms with Gasteiger partial charge in [-0.05, 0) is 42.5 Å². The van der Waals surface area contributed by atoms with E-state index in [1.807, 2.05) is 0 Å². The molecule has 2 aliphatic rings. The molecule has 0 spiro atoms. The molecule has 1 aliphatic carbocycles. The predicted molar refractivity (Wildman–Crippen MR) is 146 cm³/mol. The summed E-state index contributed by atoms with van der Waals surface area (Å²) >= 11 is 0. The highest BCUT2D eigenvalue weighted by atomic mass is 32.2. The summed E-state index contributed by atoms with van der Waals surface area (Å²) < 4.78 is 105. The number of carbonyl (C=O) groups excluding carboxylic acids is 1. The number of halogens is 5. The molecule has 4 heterocycles. The third-order valence-electron chi connectivity index (χ3n) is 7.46. The first kappa shape index (κ1) is 29.8. The summed E-state index contributed by atoms with van der Waals surface area (Å²) in [6.07, 6.45) is -1.97. The number of amides is 1. The van der Waals surface area contributed by atoms with E-state index in [-0.39, 0.29) is 30.0 Å². The Hall–Kier alpha value is -4.24. The first-order chi connectivity index (χ1) is 20.9. The molecule has 230 valence electrons. The van der Waals surface area contributed by atoms with E-state index in [9.17, 15) is 35.2 Å². The van der Waals surface area contributed by atoms with Crippen LogP contribution in [-0.2, 0) is 27.7 Å². The Kier molecular flexibility index (Phi) is 7.48. The molecule has 9 nitrogen and oxygen atoms in total. The second-order valence-electron chi connectivity index (χ2n) is 10.4. The Labute approximate surface area is 247 Å². The lowest BCUT2D eigenvalue weighted by Gasteiger charge is -2.15. The molecule has 1 aromatic carbocycles. The zero-order valence-electron chi connectivity index (χ0n) is 22.9. The fourth-order valence-electron chi connectivity index (χ4n) is 4.99. The molecule has 3 aromatic heterocycles. The van der Waals surface area contributed by atoms with Crippen LogP contribution >= 0.6 is 0 Å². The van der Waals surface area contributed by atoms with Gasteiger partial charge in [0.15, 0.2) is 0 Å². The van der Waals surface area contributed by atoms with Crippen LogP contribution in [0.1, 0.15) is 51.6 Å². The number of methoxy groups -OCH3 is 1. The van der Waals surface area contributed by atoms with Gasteiger partial charge in [0.05, 0.1) is 66.0 Å². The van der Waals surface area contributed by atoms with Crippen LogP contribution < -0.4 is 10.1 Å². The van der Waals surface area contributed by atoms with Gasteiger partial charge in [-0.2, -0.15) is 0 Å². The van der Waals surface area contributed by atoms with Gasteiger partial charge >= 0.3 is 0 Å². The molecule has 0 saturated heterocycles. The smallest absolute Gasteiger partial charge is 0.264 e. The monoisotopic (exact) mass is 634 g/mol. The molecule has 0 radical (unpaired) electrons. The minimum absolute atomic E-state index is 0.144. The highest BCUT2D eigenvalue weighted by molar-refractivity contribution is 7.92. The number of pyridine rings is 3. The predicted octanol–water partition coefficient (Wildman–Crippen LogP) is 5.29. The van der Waals surface area contributed by atoms with Crippen LogP contribution in [0.4, 0.5) is 22.0 Å². The van der Waals surface area contributed by atoms with Crippen molar-refractivity contribution in [2.75, 3.05) is 13.7 Å². The van der Waals surface area contributed by atoms with Crippen LogP contribution in [0.25, 0.3) is 22.3 Å². The SMILES string of the molecule is COc1ccc(-c2ccc3cnc(CNC(=O)c4cc(C(F)F)c5c(c4)S(=O)(=O)[C@@H](F)COC5)cc3n2)nc1C1CC1(F)F. The number of ether oxygens (including phenoxy) is 2. The highest BCUT2D eigenvalue weighted by Gasteiger charge is 2.59. The first-order valence-electron chi connectivity index (χ1n) is 13.3. The van der Waals surface area contributed by atoms with E-state index >= 15 is 0 Å². The third-order valence-corrected chi connectivity index (χ3v) is 9.25. The minimum atomic E-state index is -4.68. The summed E-state index contributed by atoms with van der Waals surface area (Å²) in [6, 6.07) is 9.82. The Morgan fingerprint density at radius 1 is 1.14 bits per heavy atom. The van der Waals surface area contributed by atoms with E-state index < -0.39 is 68.8 Å². The van der Waals surface area contributed by atoms with Crippen LogP contribution in [0.2, 0.25) is 0 Å². The lowest BCUT2D eigenvalue weighted by molar-refractivity contribution is 0.0914. The average molecular weight is 635 g/mol. The summed E-state index contributed by atoms with van der Waals surface area (Å²) in [6.45, 7) is -1.56. The van der Waals surface area contributed by atoms with Crippen molar-refractivity contribution in [2.45, 2.75) is 48.2 Å². The molecule has 1 unspecified atom stereocenters. The topological polar surface area (TPSA) is 120 Å². The fraction of sp³-hybridized carbons (Fsp3) is 0.310. The van der Waals surface area contributed by atoms with E-state index in [0.717, 1.165) is 12.1 Å². The van der Waals surface area contributed by atoms with Gasteiger partial charge < -0.3 is 14.8 Å². The lowest BCUT2D eigenvalue weighted by Crippen LogP contribution is -2.25. The van der Waals surface area contributed by atoms with E-state index in [0.29, 0.717) is 28.0 Å². The maximum absolute atomic E-state index is 14.3. The largest absolute Gasteiger partial charge is 0.495 e. The van der Waals surface area contributed by atoms with Crippen molar-refractivity contribution < 1.29 is 44.6 Å². The zero-order valence-corrected chi connectivity index (χ0v) is 23.7. The standard InChI is InChI=1S/C29H23F5N4O5S/c1-42-23-5-4-21(38-26(23)19-9-29(19,33)34)20-3-2-14-10-35-16(8-22(14)37-20)11-36-28(39)15-6-17(27(31)32)18-12-43-13-25(30)44(40,41)24(18)7-15/h2-8,10,19,25,27H,9,11-13H2,1H3,(H,36,39)/t19?,25-/m1/s1. The van der Waals surface area contributed by atoms with Gasteiger partial charge in [-0.3, -0.25) is 9.78 Å². The van der Waals surface area contributed by atoms with Crippen molar-refractivity contribution in [1.82, 2.24) is 20.3 Å². The van der Waals surface area contributed by atoms with Gasteiger partial charge in [-0.15, -0.1) is 0 Å². The molecule has 0 bridgehead atoms. The van der Waals surface area contributed by atoms with E-state index in [1.165, 1.54) is 13.3 Å². The molecule has 2 atom stereocenters. The number of alkyl halides is 5. The number of hydrogen-bond donors (Lipinski definition) is 1. The molecule has 1 saturated carbocycles. The zero-order chi connectivity index (χ0) is 31.4. The van der Waals surface area contributed by atoms with Crippen LogP contribution in [0.15, 0.2) is 53.6 Å². The van der Waals surface area contributed by atoms with E-state index in [4.69, 9.17) is 9.47 Å². The number of rotatable bonds is 7. The molecule has 15 heteroatoms. The third kappa shape index (κ3) is 5.45. The molecule has 44 heavy (non-hydrogen) atoms. The number of nitrogens with zero attached hydrogens (tertiary/aromatic N) is 3. The molecule has 1 aliphatic heterocycles. The number of fused-ring (bicyclic) bond motifs is 2. The van der Waals surface area contributed by atoms with Gasteiger partial charge in [-0.1, -0.05) is 0 Å². The van der Waals surface area contributed by atoms with Crippen LogP contribution in [0.3, 0.4) is 0 Å². The summed E-state index contributed by atoms with van der Waals surface area (Å²) in [4.78, 5) is 25.5. The normalized spacial score (nSPS) is 20.2. The van der Waals surface area contributed by atoms with Crippen molar-refractivity contribution in [2.24, 2.45) is 0 Å². The second-order valence-corrected chi connectivity index (χ2v) is 12.4. The van der Waals surface area contributed by atoms with Crippen molar-refractivity contribution in [1.29, 1.82) is 0 Å². The van der Waals surface area contributed by atoms with Crippen LogP contribution in [-0.4, -0.2) is 54.4 Å². The Balaban J connectivity index is 1.26. The van der Waals surface area contributed by atoms with Gasteiger partial charge in [0.2, 0.25) is 15.3 Å². The van der Waals surface area contributed by atoms with Gasteiger partial charge in [-0.25, -0.2) is 40.3 Å². The van der Waals surface area contributed by atoms with E-state index in [2.05, 4.69) is 20.3 Å². The van der Waals surface area contributed by atoms with Crippen LogP contribution in [0.5, 0.6) is 5.75 Å². The number of carbonyl (C=O) groups is 1. The lowest BCUT2D eigenvalue weighted by atomic mass is 10.0. The van der Waals surface area contributed by atoms with Crippen molar-refractivity contribution in [3.05, 3.63) is 76.7 Å². The first-order valence-corrected chi connectivity index (χ1v) is 14.8. The molecular formula is C29H23F5N4O5S. The summed E-state index contributed by atoms with van der Waals surface area (Å²) in [7, 11) is -3.30. The van der Waals surface area contributed by atoms with Crippen molar-refractivity contribution in [3.63, 3.8) is 0 Å². The average Bonchev–Trinajstić information content (AvgIpc) is 3.67. The summed E-state index contributed by atoms with van der Waals surface area (Å²) in [5, 5.41) is 3.14. The number of benzene rings is 1. The van der Waals surface area contributed by atoms with Crippen LogP contribution in [0, 0.1) is 0 Å². The molecule has 1 fully saturated rings. The van der Waals surface area contributed by atoms with Gasteiger partial charge in [0.1, 0.15) is 5.75 Å².